The molecule has 0 aromatic carbocycles. The fourth-order valence-corrected chi connectivity index (χ4v) is 4.73. The maximum Gasteiger partial charge on any atom is 0.00546 e. The molecule has 84 valence electrons. The van der Waals surface area contributed by atoms with Gasteiger partial charge in [0.05, 0.1) is 0 Å². The van der Waals surface area contributed by atoms with Crippen LogP contribution in [0.25, 0.3) is 0 Å². The molecule has 0 N–H and O–H groups in total. The van der Waals surface area contributed by atoms with Crippen molar-refractivity contribution in [3.05, 3.63) is 0 Å². The lowest BCUT2D eigenvalue weighted by Gasteiger charge is -2.39. The molecule has 0 nitrogen and oxygen atoms in total. The molecule has 0 amide bonds. The van der Waals surface area contributed by atoms with E-state index in [0.29, 0.717) is 0 Å². The van der Waals surface area contributed by atoms with Crippen LogP contribution >= 0.6 is 11.8 Å². The van der Waals surface area contributed by atoms with Gasteiger partial charge in [-0.25, -0.2) is 0 Å². The van der Waals surface area contributed by atoms with E-state index in [1.54, 1.807) is 0 Å². The molecule has 0 saturated heterocycles. The largest absolute Gasteiger partial charge is 0.156 e. The minimum absolute atomic E-state index is 0.784. The van der Waals surface area contributed by atoms with Crippen molar-refractivity contribution >= 4 is 11.8 Å². The van der Waals surface area contributed by atoms with Gasteiger partial charge >= 0.3 is 0 Å². The molecule has 1 aliphatic rings. The Bertz CT molecular complexity index is 155. The molecule has 1 aliphatic carbocycles. The molecule has 0 spiro atoms. The quantitative estimate of drug-likeness (QED) is 0.662. The molecule has 1 fully saturated rings. The monoisotopic (exact) mass is 214 g/mol. The molecular formula is C13H26S. The first-order chi connectivity index (χ1) is 6.52. The van der Waals surface area contributed by atoms with Crippen LogP contribution in [0.15, 0.2) is 0 Å². The first-order valence-corrected chi connectivity index (χ1v) is 7.12. The van der Waals surface area contributed by atoms with E-state index < -0.39 is 0 Å². The van der Waals surface area contributed by atoms with Gasteiger partial charge in [0.1, 0.15) is 0 Å². The van der Waals surface area contributed by atoms with E-state index in [4.69, 9.17) is 0 Å². The molecule has 0 aliphatic heterocycles. The molecule has 0 aromatic rings. The van der Waals surface area contributed by atoms with Gasteiger partial charge in [0.2, 0.25) is 0 Å². The van der Waals surface area contributed by atoms with Crippen LogP contribution in [-0.4, -0.2) is 10.5 Å². The standard InChI is InChI=1S/C13H26S/c1-9(2)14-12(5)13-10(3)7-6-8-11(13)4/h9-13H,6-8H2,1-5H3. The van der Waals surface area contributed by atoms with Crippen molar-refractivity contribution in [2.24, 2.45) is 17.8 Å². The summed E-state index contributed by atoms with van der Waals surface area (Å²) < 4.78 is 0. The summed E-state index contributed by atoms with van der Waals surface area (Å²) in [5, 5.41) is 1.63. The van der Waals surface area contributed by atoms with Crippen molar-refractivity contribution in [3.8, 4) is 0 Å². The summed E-state index contributed by atoms with van der Waals surface area (Å²) >= 11 is 2.17. The average molecular weight is 214 g/mol. The predicted molar refractivity (Wildman–Crippen MR) is 67.9 cm³/mol. The molecule has 0 aromatic heterocycles. The van der Waals surface area contributed by atoms with Crippen molar-refractivity contribution in [1.82, 2.24) is 0 Å². The summed E-state index contributed by atoms with van der Waals surface area (Å²) in [6, 6.07) is 0. The summed E-state index contributed by atoms with van der Waals surface area (Å²) in [4.78, 5) is 0. The van der Waals surface area contributed by atoms with Crippen LogP contribution < -0.4 is 0 Å². The zero-order valence-electron chi connectivity index (χ0n) is 10.4. The lowest BCUT2D eigenvalue weighted by molar-refractivity contribution is 0.179. The molecular weight excluding hydrogens is 188 g/mol. The SMILES string of the molecule is CC(C)SC(C)C1C(C)CCCC1C. The van der Waals surface area contributed by atoms with Crippen molar-refractivity contribution in [2.45, 2.75) is 64.4 Å². The minimum Gasteiger partial charge on any atom is -0.156 e. The van der Waals surface area contributed by atoms with Gasteiger partial charge in [-0.05, 0) is 23.0 Å². The third-order valence-electron chi connectivity index (χ3n) is 3.66. The van der Waals surface area contributed by atoms with Gasteiger partial charge in [-0.1, -0.05) is 53.9 Å². The maximum atomic E-state index is 2.46. The van der Waals surface area contributed by atoms with Gasteiger partial charge in [-0.2, -0.15) is 11.8 Å². The van der Waals surface area contributed by atoms with Crippen LogP contribution in [0.5, 0.6) is 0 Å². The second-order valence-corrected chi connectivity index (χ2v) is 7.31. The highest BCUT2D eigenvalue weighted by Crippen LogP contribution is 2.41. The minimum atomic E-state index is 0.784. The van der Waals surface area contributed by atoms with E-state index in [-0.39, 0.29) is 0 Å². The molecule has 3 unspecified atom stereocenters. The van der Waals surface area contributed by atoms with Crippen molar-refractivity contribution in [2.75, 3.05) is 0 Å². The molecule has 0 radical (unpaired) electrons. The van der Waals surface area contributed by atoms with E-state index in [1.807, 2.05) is 0 Å². The third-order valence-corrected chi connectivity index (χ3v) is 4.95. The summed E-state index contributed by atoms with van der Waals surface area (Å²) in [5.41, 5.74) is 0. The van der Waals surface area contributed by atoms with E-state index in [2.05, 4.69) is 46.4 Å². The molecule has 1 saturated carbocycles. The Labute approximate surface area is 94.2 Å². The van der Waals surface area contributed by atoms with E-state index >= 15 is 0 Å². The molecule has 1 heteroatoms. The second kappa shape index (κ2) is 5.44. The Hall–Kier alpha value is 0.350. The number of hydrogen-bond donors (Lipinski definition) is 0. The van der Waals surface area contributed by atoms with E-state index in [1.165, 1.54) is 19.3 Å². The van der Waals surface area contributed by atoms with Gasteiger partial charge in [0.15, 0.2) is 0 Å². The smallest absolute Gasteiger partial charge is 0.00546 e. The number of rotatable bonds is 3. The summed E-state index contributed by atoms with van der Waals surface area (Å²) in [7, 11) is 0. The highest BCUT2D eigenvalue weighted by Gasteiger charge is 2.32. The first-order valence-electron chi connectivity index (χ1n) is 6.17. The van der Waals surface area contributed by atoms with Gasteiger partial charge in [-0.3, -0.25) is 0 Å². The molecule has 1 rings (SSSR count). The van der Waals surface area contributed by atoms with Gasteiger partial charge in [0.25, 0.3) is 0 Å². The van der Waals surface area contributed by atoms with Crippen LogP contribution in [0.3, 0.4) is 0 Å². The average Bonchev–Trinajstić information content (AvgIpc) is 2.01. The van der Waals surface area contributed by atoms with Gasteiger partial charge < -0.3 is 0 Å². The fourth-order valence-electron chi connectivity index (χ4n) is 3.15. The van der Waals surface area contributed by atoms with Gasteiger partial charge in [-0.15, -0.1) is 0 Å². The Morgan fingerprint density at radius 2 is 1.50 bits per heavy atom. The Kier molecular flexibility index (Phi) is 4.82. The number of hydrogen-bond acceptors (Lipinski definition) is 1. The molecule has 3 atom stereocenters. The van der Waals surface area contributed by atoms with Crippen LogP contribution in [0.2, 0.25) is 0 Å². The topological polar surface area (TPSA) is 0 Å². The Morgan fingerprint density at radius 3 is 1.93 bits per heavy atom. The van der Waals surface area contributed by atoms with Crippen molar-refractivity contribution in [1.29, 1.82) is 0 Å². The molecule has 0 bridgehead atoms. The van der Waals surface area contributed by atoms with Crippen LogP contribution in [0.1, 0.15) is 53.9 Å². The lowest BCUT2D eigenvalue weighted by atomic mass is 9.72. The summed E-state index contributed by atoms with van der Waals surface area (Å²) in [5.74, 6) is 2.84. The third kappa shape index (κ3) is 3.18. The highest BCUT2D eigenvalue weighted by atomic mass is 32.2. The number of thioether (sulfide) groups is 1. The predicted octanol–water partition coefficient (Wildman–Crippen LogP) is 4.59. The molecule has 14 heavy (non-hydrogen) atoms. The highest BCUT2D eigenvalue weighted by molar-refractivity contribution is 8.00. The van der Waals surface area contributed by atoms with Crippen LogP contribution in [0.4, 0.5) is 0 Å². The van der Waals surface area contributed by atoms with Gasteiger partial charge in [0, 0.05) is 5.25 Å². The maximum absolute atomic E-state index is 2.46. The Balaban J connectivity index is 2.53. The Morgan fingerprint density at radius 1 is 1.00 bits per heavy atom. The van der Waals surface area contributed by atoms with E-state index in [0.717, 1.165) is 28.3 Å². The normalized spacial score (nSPS) is 36.0. The summed E-state index contributed by atoms with van der Waals surface area (Å²) in [6.07, 6.45) is 4.37. The summed E-state index contributed by atoms with van der Waals surface area (Å²) in [6.45, 7) is 12.0. The second-order valence-electron chi connectivity index (χ2n) is 5.35. The lowest BCUT2D eigenvalue weighted by Crippen LogP contribution is -2.32. The van der Waals surface area contributed by atoms with Crippen molar-refractivity contribution < 1.29 is 0 Å². The fraction of sp³-hybridized carbons (Fsp3) is 1.00. The zero-order valence-corrected chi connectivity index (χ0v) is 11.2. The van der Waals surface area contributed by atoms with E-state index in [9.17, 15) is 0 Å². The van der Waals surface area contributed by atoms with Crippen LogP contribution in [-0.2, 0) is 0 Å². The molecule has 0 heterocycles. The zero-order chi connectivity index (χ0) is 10.7. The van der Waals surface area contributed by atoms with Crippen LogP contribution in [0, 0.1) is 17.8 Å². The first kappa shape index (κ1) is 12.4. The van der Waals surface area contributed by atoms with Crippen molar-refractivity contribution in [3.63, 3.8) is 0 Å².